The zero-order valence-corrected chi connectivity index (χ0v) is 28.8. The number of rotatable bonds is 8. The molecule has 4 N–H and O–H groups in total. The predicted molar refractivity (Wildman–Crippen MR) is 176 cm³/mol. The summed E-state index contributed by atoms with van der Waals surface area (Å²) in [6.07, 6.45) is 3.51. The second-order valence-corrected chi connectivity index (χ2v) is 13.3. The first-order chi connectivity index (χ1) is 22.8. The van der Waals surface area contributed by atoms with Crippen molar-refractivity contribution in [3.05, 3.63) is 35.4 Å². The Morgan fingerprint density at radius 2 is 1.12 bits per heavy atom. The molecule has 2 aromatic heterocycles. The summed E-state index contributed by atoms with van der Waals surface area (Å²) in [5.74, 6) is 12.6. The molecule has 4 heterocycles. The molecule has 258 valence electrons. The van der Waals surface area contributed by atoms with Gasteiger partial charge < -0.3 is 39.9 Å². The zero-order chi connectivity index (χ0) is 35.1. The Morgan fingerprint density at radius 3 is 1.46 bits per heavy atom. The van der Waals surface area contributed by atoms with E-state index in [9.17, 15) is 19.2 Å². The van der Waals surface area contributed by atoms with E-state index >= 15 is 0 Å². The zero-order valence-electron chi connectivity index (χ0n) is 28.8. The van der Waals surface area contributed by atoms with E-state index in [1.54, 1.807) is 22.2 Å². The van der Waals surface area contributed by atoms with Crippen LogP contribution in [0.25, 0.3) is 0 Å². The highest BCUT2D eigenvalue weighted by molar-refractivity contribution is 5.87. The molecule has 0 aromatic carbocycles. The van der Waals surface area contributed by atoms with Crippen LogP contribution in [-0.2, 0) is 19.1 Å². The SMILES string of the molecule is COC(=O)N[C@H](C(=O)N1C[C@@H](C)C[C@H]1c1nc(C#CC#Cc2c[nH]c([C@@H]3C[C@H](C)CN3C(=O)[C@@H](NC(=O)OC)C(C)C)n2)c[nH]1)C(C)C. The first-order valence-electron chi connectivity index (χ1n) is 16.2. The molecule has 14 nitrogen and oxygen atoms in total. The van der Waals surface area contributed by atoms with Crippen molar-refractivity contribution in [1.29, 1.82) is 0 Å². The molecule has 2 aliphatic rings. The molecule has 2 aromatic rings. The van der Waals surface area contributed by atoms with Gasteiger partial charge in [0.15, 0.2) is 0 Å². The van der Waals surface area contributed by atoms with Crippen LogP contribution in [0.15, 0.2) is 12.4 Å². The molecule has 6 atom stereocenters. The van der Waals surface area contributed by atoms with Crippen molar-refractivity contribution >= 4 is 24.0 Å². The molecule has 2 saturated heterocycles. The van der Waals surface area contributed by atoms with Crippen LogP contribution in [0, 0.1) is 47.4 Å². The van der Waals surface area contributed by atoms with Crippen molar-refractivity contribution in [3.8, 4) is 23.7 Å². The summed E-state index contributed by atoms with van der Waals surface area (Å²) in [7, 11) is 2.54. The summed E-state index contributed by atoms with van der Waals surface area (Å²) in [6, 6.07) is -2.01. The van der Waals surface area contributed by atoms with E-state index in [4.69, 9.17) is 9.47 Å². The lowest BCUT2D eigenvalue weighted by atomic mass is 10.0. The summed E-state index contributed by atoms with van der Waals surface area (Å²) in [5, 5.41) is 5.32. The second kappa shape index (κ2) is 15.7. The Hall–Kier alpha value is -4.98. The van der Waals surface area contributed by atoms with Crippen molar-refractivity contribution in [2.75, 3.05) is 27.3 Å². The van der Waals surface area contributed by atoms with Crippen LogP contribution in [-0.4, -0.2) is 93.1 Å². The fraction of sp³-hybridized carbons (Fsp3) is 0.588. The van der Waals surface area contributed by atoms with Crippen molar-refractivity contribution in [3.63, 3.8) is 0 Å². The van der Waals surface area contributed by atoms with E-state index in [0.29, 0.717) is 36.1 Å². The predicted octanol–water partition coefficient (Wildman–Crippen LogP) is 3.12. The third-order valence-corrected chi connectivity index (χ3v) is 8.64. The molecular formula is C34H46N8O6. The molecule has 0 bridgehead atoms. The Labute approximate surface area is 281 Å². The molecule has 48 heavy (non-hydrogen) atoms. The van der Waals surface area contributed by atoms with E-state index in [1.807, 2.05) is 27.7 Å². The van der Waals surface area contributed by atoms with Gasteiger partial charge >= 0.3 is 12.2 Å². The minimum absolute atomic E-state index is 0.133. The average Bonchev–Trinajstić information content (AvgIpc) is 3.86. The maximum Gasteiger partial charge on any atom is 0.407 e. The maximum atomic E-state index is 13.5. The third kappa shape index (κ3) is 8.48. The number of aromatic nitrogens is 4. The minimum atomic E-state index is -0.724. The van der Waals surface area contributed by atoms with Gasteiger partial charge in [-0.25, -0.2) is 19.6 Å². The number of amides is 4. The lowest BCUT2D eigenvalue weighted by Gasteiger charge is -2.30. The summed E-state index contributed by atoms with van der Waals surface area (Å²) >= 11 is 0. The number of ether oxygens (including phenoxy) is 2. The van der Waals surface area contributed by atoms with Gasteiger partial charge in [0, 0.05) is 25.5 Å². The van der Waals surface area contributed by atoms with Gasteiger partial charge in [0.1, 0.15) is 35.1 Å². The normalized spacial score (nSPS) is 21.5. The van der Waals surface area contributed by atoms with E-state index in [1.165, 1.54) is 14.2 Å². The number of carbonyl (C=O) groups excluding carboxylic acids is 4. The van der Waals surface area contributed by atoms with Crippen molar-refractivity contribution < 1.29 is 28.7 Å². The van der Waals surface area contributed by atoms with Gasteiger partial charge in [0.05, 0.1) is 26.3 Å². The Kier molecular flexibility index (Phi) is 11.8. The second-order valence-electron chi connectivity index (χ2n) is 13.3. The number of imidazole rings is 2. The van der Waals surface area contributed by atoms with Gasteiger partial charge in [0.2, 0.25) is 11.8 Å². The standard InChI is InChI=1S/C34H46N8O6/c1-19(2)27(39-33(45)47-7)31(43)41-17-21(5)13-25(41)29-35-15-23(37-29)11-9-10-12-24-16-36-30(38-24)26-14-22(6)18-42(26)32(44)28(20(3)4)40-34(46)48-8/h15-16,19-22,25-28H,13-14,17-18H2,1-8H3,(H,35,37)(H,36,38)(H,39,45)(H,40,46)/t21-,22-,25-,26-,27-,28-/m0/s1. The lowest BCUT2D eigenvalue weighted by Crippen LogP contribution is -2.51. The van der Waals surface area contributed by atoms with Crippen molar-refractivity contribution in [2.45, 2.75) is 78.6 Å². The van der Waals surface area contributed by atoms with E-state index < -0.39 is 24.3 Å². The molecule has 0 spiro atoms. The van der Waals surface area contributed by atoms with E-state index in [-0.39, 0.29) is 47.6 Å². The van der Waals surface area contributed by atoms with Crippen LogP contribution >= 0.6 is 0 Å². The molecule has 0 saturated carbocycles. The number of H-pyrrole nitrogens is 2. The molecule has 0 unspecified atom stereocenters. The summed E-state index contributed by atoms with van der Waals surface area (Å²) in [5.41, 5.74) is 0.966. The number of nitrogens with zero attached hydrogens (tertiary/aromatic N) is 4. The van der Waals surface area contributed by atoms with E-state index in [2.05, 4.69) is 68.1 Å². The third-order valence-electron chi connectivity index (χ3n) is 8.64. The van der Waals surface area contributed by atoms with E-state index in [0.717, 1.165) is 12.8 Å². The fourth-order valence-electron chi connectivity index (χ4n) is 6.19. The Balaban J connectivity index is 1.44. The fourth-order valence-corrected chi connectivity index (χ4v) is 6.19. The Bertz CT molecular complexity index is 1490. The number of alkyl carbamates (subject to hydrolysis) is 2. The summed E-state index contributed by atoms with van der Waals surface area (Å²) in [6.45, 7) is 12.7. The number of nitrogens with one attached hydrogen (secondary N) is 4. The summed E-state index contributed by atoms with van der Waals surface area (Å²) < 4.78 is 9.45. The number of carbonyl (C=O) groups is 4. The molecule has 4 rings (SSSR count). The number of hydrogen-bond acceptors (Lipinski definition) is 8. The minimum Gasteiger partial charge on any atom is -0.453 e. The first kappa shape index (κ1) is 35.9. The highest BCUT2D eigenvalue weighted by Crippen LogP contribution is 2.36. The van der Waals surface area contributed by atoms with Gasteiger partial charge in [-0.3, -0.25) is 9.59 Å². The van der Waals surface area contributed by atoms with Gasteiger partial charge in [-0.2, -0.15) is 0 Å². The molecule has 2 fully saturated rings. The molecule has 4 amide bonds. The highest BCUT2D eigenvalue weighted by Gasteiger charge is 2.41. The van der Waals surface area contributed by atoms with Crippen molar-refractivity contribution in [2.24, 2.45) is 23.7 Å². The number of aromatic amines is 2. The molecule has 0 radical (unpaired) electrons. The summed E-state index contributed by atoms with van der Waals surface area (Å²) in [4.78, 5) is 69.9. The first-order valence-corrected chi connectivity index (χ1v) is 16.2. The van der Waals surface area contributed by atoms with Gasteiger partial charge in [-0.15, -0.1) is 0 Å². The smallest absolute Gasteiger partial charge is 0.407 e. The van der Waals surface area contributed by atoms with Crippen LogP contribution in [0.1, 0.15) is 89.5 Å². The van der Waals surface area contributed by atoms with Crippen LogP contribution in [0.4, 0.5) is 9.59 Å². The molecule has 2 aliphatic heterocycles. The van der Waals surface area contributed by atoms with Crippen LogP contribution < -0.4 is 10.6 Å². The molecular weight excluding hydrogens is 616 g/mol. The molecule has 0 aliphatic carbocycles. The largest absolute Gasteiger partial charge is 0.453 e. The van der Waals surface area contributed by atoms with Gasteiger partial charge in [-0.1, -0.05) is 41.5 Å². The van der Waals surface area contributed by atoms with Gasteiger partial charge in [0.25, 0.3) is 0 Å². The number of likely N-dealkylation sites (tertiary alicyclic amines) is 2. The number of hydrogen-bond donors (Lipinski definition) is 4. The van der Waals surface area contributed by atoms with Crippen LogP contribution in [0.5, 0.6) is 0 Å². The molecule has 14 heteroatoms. The maximum absolute atomic E-state index is 13.5. The average molecular weight is 663 g/mol. The highest BCUT2D eigenvalue weighted by atomic mass is 16.5. The van der Waals surface area contributed by atoms with Gasteiger partial charge in [-0.05, 0) is 60.2 Å². The van der Waals surface area contributed by atoms with Crippen LogP contribution in [0.3, 0.4) is 0 Å². The Morgan fingerprint density at radius 1 is 0.750 bits per heavy atom. The van der Waals surface area contributed by atoms with Crippen molar-refractivity contribution in [1.82, 2.24) is 40.4 Å². The lowest BCUT2D eigenvalue weighted by molar-refractivity contribution is -0.136. The van der Waals surface area contributed by atoms with Crippen LogP contribution in [0.2, 0.25) is 0 Å². The topological polar surface area (TPSA) is 175 Å². The number of methoxy groups -OCH3 is 2. The monoisotopic (exact) mass is 662 g/mol. The quantitative estimate of drug-likeness (QED) is 0.312.